The smallest absolute Gasteiger partial charge is 0.256 e. The highest BCUT2D eigenvalue weighted by atomic mass is 127. The van der Waals surface area contributed by atoms with Crippen LogP contribution in [0.4, 0.5) is 5.69 Å². The number of benzene rings is 2. The van der Waals surface area contributed by atoms with E-state index in [0.29, 0.717) is 21.8 Å². The number of nitrogens with one attached hydrogen (secondary N) is 1. The van der Waals surface area contributed by atoms with Gasteiger partial charge >= 0.3 is 0 Å². The Labute approximate surface area is 172 Å². The Bertz CT molecular complexity index is 823. The van der Waals surface area contributed by atoms with Crippen LogP contribution in [0.2, 0.25) is 5.02 Å². The first-order valence-corrected chi connectivity index (χ1v) is 10.1. The fourth-order valence-electron chi connectivity index (χ4n) is 3.15. The molecule has 6 heteroatoms. The molecule has 136 valence electrons. The van der Waals surface area contributed by atoms with Gasteiger partial charge in [-0.05, 0) is 91.2 Å². The van der Waals surface area contributed by atoms with Gasteiger partial charge in [0.1, 0.15) is 0 Å². The maximum Gasteiger partial charge on any atom is 0.256 e. The van der Waals surface area contributed by atoms with Gasteiger partial charge in [0.05, 0.1) is 11.3 Å². The van der Waals surface area contributed by atoms with E-state index in [9.17, 15) is 9.59 Å². The van der Waals surface area contributed by atoms with Crippen LogP contribution in [0.5, 0.6) is 0 Å². The fraction of sp³-hybridized carbons (Fsp3) is 0.300. The van der Waals surface area contributed by atoms with Gasteiger partial charge in [0.25, 0.3) is 11.8 Å². The van der Waals surface area contributed by atoms with Gasteiger partial charge in [-0.3, -0.25) is 9.59 Å². The van der Waals surface area contributed by atoms with Gasteiger partial charge in [-0.15, -0.1) is 0 Å². The van der Waals surface area contributed by atoms with Crippen LogP contribution in [0.3, 0.4) is 0 Å². The van der Waals surface area contributed by atoms with Crippen LogP contribution >= 0.6 is 34.2 Å². The van der Waals surface area contributed by atoms with Gasteiger partial charge in [0.15, 0.2) is 0 Å². The predicted octanol–water partition coefficient (Wildman–Crippen LogP) is 5.21. The van der Waals surface area contributed by atoms with Crippen molar-refractivity contribution in [3.8, 4) is 0 Å². The normalized spacial score (nSPS) is 17.0. The Morgan fingerprint density at radius 3 is 2.58 bits per heavy atom. The second-order valence-corrected chi connectivity index (χ2v) is 8.18. The number of carbonyl (C=O) groups excluding carboxylic acids is 2. The molecule has 3 rings (SSSR count). The lowest BCUT2D eigenvalue weighted by Gasteiger charge is -2.34. The SMILES string of the molecule is C[C@@H]1CCCCN1C(=O)c1cc(I)ccc1NC(=O)c1ccc(Cl)cc1. The number of anilines is 1. The zero-order chi connectivity index (χ0) is 18.7. The molecular formula is C20H20ClIN2O2. The molecule has 1 aliphatic heterocycles. The summed E-state index contributed by atoms with van der Waals surface area (Å²) in [6.45, 7) is 2.84. The van der Waals surface area contributed by atoms with E-state index < -0.39 is 0 Å². The fourth-order valence-corrected chi connectivity index (χ4v) is 3.77. The summed E-state index contributed by atoms with van der Waals surface area (Å²) in [5.41, 5.74) is 1.57. The summed E-state index contributed by atoms with van der Waals surface area (Å²) >= 11 is 8.06. The molecule has 0 unspecified atom stereocenters. The molecule has 1 fully saturated rings. The van der Waals surface area contributed by atoms with Crippen molar-refractivity contribution in [1.29, 1.82) is 0 Å². The molecule has 1 atom stereocenters. The molecule has 0 aliphatic carbocycles. The van der Waals surface area contributed by atoms with Crippen LogP contribution in [0, 0.1) is 3.57 Å². The van der Waals surface area contributed by atoms with Crippen molar-refractivity contribution in [3.05, 3.63) is 62.2 Å². The van der Waals surface area contributed by atoms with Crippen molar-refractivity contribution < 1.29 is 9.59 Å². The molecule has 0 spiro atoms. The monoisotopic (exact) mass is 482 g/mol. The number of hydrogen-bond acceptors (Lipinski definition) is 2. The van der Waals surface area contributed by atoms with E-state index in [-0.39, 0.29) is 17.9 Å². The Morgan fingerprint density at radius 2 is 1.88 bits per heavy atom. The number of rotatable bonds is 3. The van der Waals surface area contributed by atoms with Crippen LogP contribution in [0.15, 0.2) is 42.5 Å². The minimum atomic E-state index is -0.261. The first-order chi connectivity index (χ1) is 12.5. The highest BCUT2D eigenvalue weighted by Crippen LogP contribution is 2.25. The Hall–Kier alpha value is -1.60. The molecular weight excluding hydrogens is 463 g/mol. The average Bonchev–Trinajstić information content (AvgIpc) is 2.63. The van der Waals surface area contributed by atoms with E-state index in [1.54, 1.807) is 30.3 Å². The molecule has 1 aliphatic rings. The van der Waals surface area contributed by atoms with Crippen molar-refractivity contribution in [2.75, 3.05) is 11.9 Å². The second kappa shape index (κ2) is 8.39. The zero-order valence-electron chi connectivity index (χ0n) is 14.5. The molecule has 0 aromatic heterocycles. The highest BCUT2D eigenvalue weighted by Gasteiger charge is 2.26. The van der Waals surface area contributed by atoms with E-state index in [4.69, 9.17) is 11.6 Å². The van der Waals surface area contributed by atoms with Crippen molar-refractivity contribution in [2.24, 2.45) is 0 Å². The number of amides is 2. The first kappa shape index (κ1) is 19.2. The van der Waals surface area contributed by atoms with Crippen molar-refractivity contribution in [3.63, 3.8) is 0 Å². The van der Waals surface area contributed by atoms with Crippen molar-refractivity contribution in [2.45, 2.75) is 32.2 Å². The van der Waals surface area contributed by atoms with Crippen LogP contribution in [0.25, 0.3) is 0 Å². The topological polar surface area (TPSA) is 49.4 Å². The van der Waals surface area contributed by atoms with Crippen LogP contribution in [-0.4, -0.2) is 29.3 Å². The molecule has 2 amide bonds. The third kappa shape index (κ3) is 4.38. The first-order valence-electron chi connectivity index (χ1n) is 8.63. The van der Waals surface area contributed by atoms with Gasteiger partial charge < -0.3 is 10.2 Å². The van der Waals surface area contributed by atoms with Gasteiger partial charge in [-0.2, -0.15) is 0 Å². The van der Waals surface area contributed by atoms with Crippen LogP contribution in [-0.2, 0) is 0 Å². The lowest BCUT2D eigenvalue weighted by molar-refractivity contribution is 0.0636. The average molecular weight is 483 g/mol. The molecule has 1 heterocycles. The quantitative estimate of drug-likeness (QED) is 0.611. The predicted molar refractivity (Wildman–Crippen MR) is 113 cm³/mol. The summed E-state index contributed by atoms with van der Waals surface area (Å²) in [7, 11) is 0. The molecule has 1 saturated heterocycles. The molecule has 4 nitrogen and oxygen atoms in total. The third-order valence-corrected chi connectivity index (χ3v) is 5.55. The molecule has 1 N–H and O–H groups in total. The van der Waals surface area contributed by atoms with E-state index in [1.807, 2.05) is 17.0 Å². The summed E-state index contributed by atoms with van der Waals surface area (Å²) in [6.07, 6.45) is 3.19. The lowest BCUT2D eigenvalue weighted by Crippen LogP contribution is -2.42. The minimum Gasteiger partial charge on any atom is -0.336 e. The largest absolute Gasteiger partial charge is 0.336 e. The Kier molecular flexibility index (Phi) is 6.19. The summed E-state index contributed by atoms with van der Waals surface area (Å²) in [5, 5.41) is 3.45. The number of halogens is 2. The van der Waals surface area contributed by atoms with Crippen LogP contribution < -0.4 is 5.32 Å². The molecule has 0 radical (unpaired) electrons. The van der Waals surface area contributed by atoms with E-state index in [1.165, 1.54) is 0 Å². The summed E-state index contributed by atoms with van der Waals surface area (Å²) < 4.78 is 0.958. The maximum absolute atomic E-state index is 13.1. The molecule has 2 aromatic rings. The van der Waals surface area contributed by atoms with Gasteiger partial charge in [0, 0.05) is 26.7 Å². The van der Waals surface area contributed by atoms with Crippen molar-refractivity contribution >= 4 is 51.7 Å². The van der Waals surface area contributed by atoms with Gasteiger partial charge in [-0.25, -0.2) is 0 Å². The standard InChI is InChI=1S/C20H20ClIN2O2/c1-13-4-2-3-11-24(13)20(26)17-12-16(22)9-10-18(17)23-19(25)14-5-7-15(21)8-6-14/h5-10,12-13H,2-4,11H2,1H3,(H,23,25)/t13-/m1/s1. The third-order valence-electron chi connectivity index (χ3n) is 4.63. The number of carbonyl (C=O) groups is 2. The minimum absolute atomic E-state index is 0.0258. The van der Waals surface area contributed by atoms with Gasteiger partial charge in [0.2, 0.25) is 0 Å². The molecule has 0 bridgehead atoms. The molecule has 0 saturated carbocycles. The second-order valence-electron chi connectivity index (χ2n) is 6.49. The number of likely N-dealkylation sites (tertiary alicyclic amines) is 1. The van der Waals surface area contributed by atoms with E-state index in [2.05, 4.69) is 34.8 Å². The Balaban J connectivity index is 1.87. The molecule has 2 aromatic carbocycles. The maximum atomic E-state index is 13.1. The lowest BCUT2D eigenvalue weighted by atomic mass is 10.0. The van der Waals surface area contributed by atoms with E-state index in [0.717, 1.165) is 29.4 Å². The number of piperidine rings is 1. The van der Waals surface area contributed by atoms with Crippen LogP contribution in [0.1, 0.15) is 46.9 Å². The number of hydrogen-bond donors (Lipinski definition) is 1. The Morgan fingerprint density at radius 1 is 1.15 bits per heavy atom. The molecule has 26 heavy (non-hydrogen) atoms. The number of nitrogens with zero attached hydrogens (tertiary/aromatic N) is 1. The highest BCUT2D eigenvalue weighted by molar-refractivity contribution is 14.1. The summed E-state index contributed by atoms with van der Waals surface area (Å²) in [6, 6.07) is 12.4. The van der Waals surface area contributed by atoms with E-state index >= 15 is 0 Å². The summed E-state index contributed by atoms with van der Waals surface area (Å²) in [5.74, 6) is -0.286. The summed E-state index contributed by atoms with van der Waals surface area (Å²) in [4.78, 5) is 27.6. The van der Waals surface area contributed by atoms with Gasteiger partial charge in [-0.1, -0.05) is 11.6 Å². The zero-order valence-corrected chi connectivity index (χ0v) is 17.4. The van der Waals surface area contributed by atoms with Crippen molar-refractivity contribution in [1.82, 2.24) is 4.90 Å².